The molecule has 0 amide bonds. The quantitative estimate of drug-likeness (QED) is 0.731. The first-order chi connectivity index (χ1) is 10.3. The number of thioether (sulfide) groups is 1. The molecule has 1 heterocycles. The molecule has 0 spiro atoms. The van der Waals surface area contributed by atoms with Crippen LogP contribution < -0.4 is 5.32 Å². The van der Waals surface area contributed by atoms with E-state index in [1.165, 1.54) is 4.90 Å². The van der Waals surface area contributed by atoms with Crippen molar-refractivity contribution >= 4 is 17.4 Å². The Kier molecular flexibility index (Phi) is 4.21. The maximum absolute atomic E-state index is 4.47. The Morgan fingerprint density at radius 2 is 1.81 bits per heavy atom. The minimum absolute atomic E-state index is 0.658. The van der Waals surface area contributed by atoms with Crippen molar-refractivity contribution < 1.29 is 0 Å². The number of aromatic nitrogens is 3. The molecule has 0 bridgehead atoms. The van der Waals surface area contributed by atoms with E-state index in [4.69, 9.17) is 0 Å². The lowest BCUT2D eigenvalue weighted by atomic mass is 10.3. The molecular formula is C16H16N4S. The van der Waals surface area contributed by atoms with Crippen molar-refractivity contribution in [1.29, 1.82) is 0 Å². The third-order valence-corrected chi connectivity index (χ3v) is 3.83. The summed E-state index contributed by atoms with van der Waals surface area (Å²) in [6.45, 7) is 0.658. The van der Waals surface area contributed by atoms with Crippen molar-refractivity contribution in [3.05, 3.63) is 66.5 Å². The number of rotatable bonds is 5. The molecule has 0 fully saturated rings. The molecule has 1 aromatic heterocycles. The second-order valence-corrected chi connectivity index (χ2v) is 5.42. The summed E-state index contributed by atoms with van der Waals surface area (Å²) in [7, 11) is 0. The van der Waals surface area contributed by atoms with Crippen molar-refractivity contribution in [2.75, 3.05) is 11.6 Å². The van der Waals surface area contributed by atoms with E-state index in [0.29, 0.717) is 6.54 Å². The van der Waals surface area contributed by atoms with E-state index in [0.717, 1.165) is 17.1 Å². The molecule has 106 valence electrons. The maximum atomic E-state index is 4.47. The highest BCUT2D eigenvalue weighted by atomic mass is 32.2. The maximum Gasteiger partial charge on any atom is 0.102 e. The molecule has 0 aliphatic heterocycles. The van der Waals surface area contributed by atoms with Crippen LogP contribution in [0, 0.1) is 0 Å². The zero-order valence-corrected chi connectivity index (χ0v) is 12.5. The summed E-state index contributed by atoms with van der Waals surface area (Å²) in [4.78, 5) is 2.91. The van der Waals surface area contributed by atoms with Gasteiger partial charge in [-0.3, -0.25) is 0 Å². The van der Waals surface area contributed by atoms with Gasteiger partial charge in [-0.1, -0.05) is 18.2 Å². The topological polar surface area (TPSA) is 42.7 Å². The Morgan fingerprint density at radius 3 is 2.52 bits per heavy atom. The van der Waals surface area contributed by atoms with Crippen molar-refractivity contribution in [3.63, 3.8) is 0 Å². The fraction of sp³-hybridized carbons (Fsp3) is 0.125. The average molecular weight is 296 g/mol. The van der Waals surface area contributed by atoms with Gasteiger partial charge in [0.15, 0.2) is 0 Å². The highest BCUT2D eigenvalue weighted by Gasteiger charge is 2.02. The fourth-order valence-corrected chi connectivity index (χ4v) is 2.37. The molecular weight excluding hydrogens is 280 g/mol. The summed E-state index contributed by atoms with van der Waals surface area (Å²) in [5.74, 6) is 0. The van der Waals surface area contributed by atoms with E-state index in [-0.39, 0.29) is 0 Å². The van der Waals surface area contributed by atoms with Crippen LogP contribution in [0.5, 0.6) is 0 Å². The first-order valence-electron chi connectivity index (χ1n) is 6.70. The number of nitrogens with zero attached hydrogens (tertiary/aromatic N) is 3. The van der Waals surface area contributed by atoms with Crippen molar-refractivity contribution in [1.82, 2.24) is 15.0 Å². The van der Waals surface area contributed by atoms with E-state index in [2.05, 4.69) is 46.0 Å². The molecule has 1 N–H and O–H groups in total. The zero-order valence-electron chi connectivity index (χ0n) is 11.7. The van der Waals surface area contributed by atoms with Crippen molar-refractivity contribution in [2.24, 2.45) is 0 Å². The Morgan fingerprint density at radius 1 is 1.05 bits per heavy atom. The van der Waals surface area contributed by atoms with Crippen LogP contribution in [0.2, 0.25) is 0 Å². The van der Waals surface area contributed by atoms with Gasteiger partial charge in [-0.25, -0.2) is 0 Å². The molecule has 0 aliphatic rings. The van der Waals surface area contributed by atoms with Crippen LogP contribution in [0.15, 0.2) is 65.7 Å². The van der Waals surface area contributed by atoms with E-state index < -0.39 is 0 Å². The largest absolute Gasteiger partial charge is 0.379 e. The lowest BCUT2D eigenvalue weighted by molar-refractivity contribution is 0.740. The minimum atomic E-state index is 0.658. The molecule has 0 radical (unpaired) electrons. The molecule has 2 aromatic carbocycles. The van der Waals surface area contributed by atoms with Crippen molar-refractivity contribution in [3.8, 4) is 5.69 Å². The first-order valence-corrected chi connectivity index (χ1v) is 7.92. The Balaban J connectivity index is 1.64. The number of nitrogens with one attached hydrogen (secondary N) is 1. The molecule has 0 saturated carbocycles. The second-order valence-electron chi connectivity index (χ2n) is 4.54. The summed E-state index contributed by atoms with van der Waals surface area (Å²) in [5, 5.41) is 12.1. The van der Waals surface area contributed by atoms with E-state index >= 15 is 0 Å². The third kappa shape index (κ3) is 3.44. The number of para-hydroxylation sites is 1. The SMILES string of the molecule is CSc1ccc(NCc2cnn(-c3ccccc3)n2)cc1. The standard InChI is InChI=1S/C16H16N4S/c1-21-16-9-7-13(8-10-16)17-11-14-12-18-20(19-14)15-5-3-2-4-6-15/h2-10,12,17H,11H2,1H3. The van der Waals surface area contributed by atoms with Crippen LogP contribution in [-0.4, -0.2) is 21.2 Å². The van der Waals surface area contributed by atoms with E-state index in [1.54, 1.807) is 22.8 Å². The second kappa shape index (κ2) is 6.45. The molecule has 0 aliphatic carbocycles. The number of hydrogen-bond acceptors (Lipinski definition) is 4. The zero-order chi connectivity index (χ0) is 14.5. The predicted molar refractivity (Wildman–Crippen MR) is 86.9 cm³/mol. The molecule has 3 rings (SSSR count). The summed E-state index contributed by atoms with van der Waals surface area (Å²) in [6.07, 6.45) is 3.86. The van der Waals surface area contributed by atoms with Gasteiger partial charge in [0, 0.05) is 10.6 Å². The fourth-order valence-electron chi connectivity index (χ4n) is 1.96. The normalized spacial score (nSPS) is 10.5. The highest BCUT2D eigenvalue weighted by molar-refractivity contribution is 7.98. The predicted octanol–water partition coefficient (Wildman–Crippen LogP) is 3.60. The molecule has 0 atom stereocenters. The summed E-state index contributed by atoms with van der Waals surface area (Å²) < 4.78 is 0. The van der Waals surface area contributed by atoms with Gasteiger partial charge in [-0.05, 0) is 42.7 Å². The lowest BCUT2D eigenvalue weighted by Gasteiger charge is -2.04. The van der Waals surface area contributed by atoms with Crippen molar-refractivity contribution in [2.45, 2.75) is 11.4 Å². The summed E-state index contributed by atoms with van der Waals surface area (Å²) in [6, 6.07) is 18.3. The number of anilines is 1. The smallest absolute Gasteiger partial charge is 0.102 e. The Hall–Kier alpha value is -2.27. The number of benzene rings is 2. The Bertz CT molecular complexity index is 692. The molecule has 0 saturated heterocycles. The van der Waals surface area contributed by atoms with Crippen LogP contribution in [0.3, 0.4) is 0 Å². The monoisotopic (exact) mass is 296 g/mol. The van der Waals surface area contributed by atoms with Gasteiger partial charge in [0.2, 0.25) is 0 Å². The minimum Gasteiger partial charge on any atom is -0.379 e. The van der Waals surface area contributed by atoms with Crippen LogP contribution in [0.4, 0.5) is 5.69 Å². The lowest BCUT2D eigenvalue weighted by Crippen LogP contribution is -2.02. The highest BCUT2D eigenvalue weighted by Crippen LogP contribution is 2.17. The van der Waals surface area contributed by atoms with Gasteiger partial charge in [0.05, 0.1) is 18.4 Å². The van der Waals surface area contributed by atoms with Gasteiger partial charge in [0.1, 0.15) is 5.69 Å². The van der Waals surface area contributed by atoms with Crippen LogP contribution in [-0.2, 0) is 6.54 Å². The van der Waals surface area contributed by atoms with E-state index in [1.807, 2.05) is 30.3 Å². The summed E-state index contributed by atoms with van der Waals surface area (Å²) >= 11 is 1.74. The average Bonchev–Trinajstić information content (AvgIpc) is 3.03. The van der Waals surface area contributed by atoms with Gasteiger partial charge >= 0.3 is 0 Å². The summed E-state index contributed by atoms with van der Waals surface area (Å²) in [5.41, 5.74) is 2.96. The van der Waals surface area contributed by atoms with Crippen LogP contribution in [0.25, 0.3) is 5.69 Å². The molecule has 5 heteroatoms. The molecule has 21 heavy (non-hydrogen) atoms. The molecule has 0 unspecified atom stereocenters. The first kappa shape index (κ1) is 13.7. The van der Waals surface area contributed by atoms with Crippen LogP contribution >= 0.6 is 11.8 Å². The molecule has 3 aromatic rings. The van der Waals surface area contributed by atoms with Gasteiger partial charge in [0.25, 0.3) is 0 Å². The van der Waals surface area contributed by atoms with Gasteiger partial charge < -0.3 is 5.32 Å². The third-order valence-electron chi connectivity index (χ3n) is 3.09. The van der Waals surface area contributed by atoms with Crippen LogP contribution in [0.1, 0.15) is 5.69 Å². The van der Waals surface area contributed by atoms with E-state index in [9.17, 15) is 0 Å². The van der Waals surface area contributed by atoms with Gasteiger partial charge in [-0.15, -0.1) is 11.8 Å². The Labute approximate surface area is 128 Å². The van der Waals surface area contributed by atoms with Gasteiger partial charge in [-0.2, -0.15) is 15.0 Å². The molecule has 4 nitrogen and oxygen atoms in total. The number of hydrogen-bond donors (Lipinski definition) is 1.